The molecule has 0 spiro atoms. The van der Waals surface area contributed by atoms with Gasteiger partial charge in [-0.05, 0) is 38.9 Å². The molecule has 1 aliphatic heterocycles. The molecule has 0 aliphatic carbocycles. The maximum absolute atomic E-state index is 10.6. The van der Waals surface area contributed by atoms with Gasteiger partial charge in [0, 0.05) is 0 Å². The number of hydrogen-bond acceptors (Lipinski definition) is 3. The molecule has 1 fully saturated rings. The van der Waals surface area contributed by atoms with Gasteiger partial charge in [0.05, 0.1) is 11.5 Å². The van der Waals surface area contributed by atoms with Gasteiger partial charge in [-0.25, -0.2) is 0 Å². The van der Waals surface area contributed by atoms with E-state index in [1.807, 2.05) is 0 Å². The number of rotatable bonds is 3. The van der Waals surface area contributed by atoms with Crippen molar-refractivity contribution in [1.29, 1.82) is 0 Å². The molecule has 0 aromatic rings. The molecule has 1 heterocycles. The quantitative estimate of drug-likeness (QED) is 0.515. The highest BCUT2D eigenvalue weighted by Crippen LogP contribution is 2.11. The number of allylic oxidation sites excluding steroid dienone is 1. The van der Waals surface area contributed by atoms with E-state index in [0.29, 0.717) is 12.2 Å². The standard InChI is InChI=1S/C10H18N2O2/c1-2-10(12(13)14)9-11-7-5-3-4-6-8-11/h2H,3-9H2,1H3/b10-2+. The molecule has 0 radical (unpaired) electrons. The highest BCUT2D eigenvalue weighted by Gasteiger charge is 2.16. The molecule has 0 aromatic heterocycles. The van der Waals surface area contributed by atoms with Crippen molar-refractivity contribution < 1.29 is 4.92 Å². The van der Waals surface area contributed by atoms with Gasteiger partial charge in [0.15, 0.2) is 0 Å². The summed E-state index contributed by atoms with van der Waals surface area (Å²) in [6.45, 7) is 4.25. The Morgan fingerprint density at radius 3 is 2.36 bits per heavy atom. The van der Waals surface area contributed by atoms with Crippen molar-refractivity contribution in [1.82, 2.24) is 4.90 Å². The summed E-state index contributed by atoms with van der Waals surface area (Å²) in [4.78, 5) is 12.5. The van der Waals surface area contributed by atoms with Crippen molar-refractivity contribution in [3.63, 3.8) is 0 Å². The lowest BCUT2D eigenvalue weighted by molar-refractivity contribution is -0.428. The molecule has 1 saturated heterocycles. The zero-order chi connectivity index (χ0) is 10.4. The van der Waals surface area contributed by atoms with E-state index in [2.05, 4.69) is 4.90 Å². The van der Waals surface area contributed by atoms with E-state index in [1.165, 1.54) is 25.7 Å². The molecule has 0 atom stereocenters. The molecule has 0 saturated carbocycles. The Bertz CT molecular complexity index is 218. The van der Waals surface area contributed by atoms with E-state index in [-0.39, 0.29) is 4.92 Å². The number of nitrogens with zero attached hydrogens (tertiary/aromatic N) is 2. The molecule has 0 amide bonds. The highest BCUT2D eigenvalue weighted by molar-refractivity contribution is 4.92. The predicted octanol–water partition coefficient (Wildman–Crippen LogP) is 2.04. The Morgan fingerprint density at radius 1 is 1.36 bits per heavy atom. The molecule has 4 nitrogen and oxygen atoms in total. The number of nitro groups is 1. The van der Waals surface area contributed by atoms with Crippen LogP contribution in [-0.4, -0.2) is 29.5 Å². The van der Waals surface area contributed by atoms with Gasteiger partial charge in [0.1, 0.15) is 0 Å². The average Bonchev–Trinajstić information content (AvgIpc) is 2.41. The summed E-state index contributed by atoms with van der Waals surface area (Å²) in [6, 6.07) is 0. The SMILES string of the molecule is C/C=C(\CN1CCCCCC1)[N+](=O)[O-]. The number of likely N-dealkylation sites (tertiary alicyclic amines) is 1. The monoisotopic (exact) mass is 198 g/mol. The zero-order valence-electron chi connectivity index (χ0n) is 8.74. The first-order chi connectivity index (χ1) is 6.74. The summed E-state index contributed by atoms with van der Waals surface area (Å²) < 4.78 is 0. The zero-order valence-corrected chi connectivity index (χ0v) is 8.74. The Balaban J connectivity index is 2.44. The lowest BCUT2D eigenvalue weighted by Gasteiger charge is -2.17. The smallest absolute Gasteiger partial charge is 0.255 e. The largest absolute Gasteiger partial charge is 0.293 e. The molecule has 4 heteroatoms. The first-order valence-corrected chi connectivity index (χ1v) is 5.26. The van der Waals surface area contributed by atoms with E-state index in [1.54, 1.807) is 13.0 Å². The van der Waals surface area contributed by atoms with Gasteiger partial charge in [-0.1, -0.05) is 12.8 Å². The first kappa shape index (κ1) is 11.2. The van der Waals surface area contributed by atoms with Crippen molar-refractivity contribution in [2.45, 2.75) is 32.6 Å². The second kappa shape index (κ2) is 5.75. The minimum Gasteiger partial charge on any atom is -0.293 e. The van der Waals surface area contributed by atoms with Crippen LogP contribution in [0.25, 0.3) is 0 Å². The summed E-state index contributed by atoms with van der Waals surface area (Å²) in [5.41, 5.74) is 0.326. The van der Waals surface area contributed by atoms with Gasteiger partial charge >= 0.3 is 0 Å². The molecular weight excluding hydrogens is 180 g/mol. The normalized spacial score (nSPS) is 20.5. The molecule has 0 N–H and O–H groups in total. The van der Waals surface area contributed by atoms with Gasteiger partial charge in [-0.3, -0.25) is 15.0 Å². The molecule has 0 aromatic carbocycles. The van der Waals surface area contributed by atoms with Crippen molar-refractivity contribution in [3.05, 3.63) is 21.9 Å². The summed E-state index contributed by atoms with van der Waals surface area (Å²) in [5.74, 6) is 0. The maximum Gasteiger partial charge on any atom is 0.255 e. The fourth-order valence-corrected chi connectivity index (χ4v) is 1.78. The Hall–Kier alpha value is -0.900. The van der Waals surface area contributed by atoms with Crippen LogP contribution in [0.2, 0.25) is 0 Å². The third-order valence-corrected chi connectivity index (χ3v) is 2.65. The molecule has 14 heavy (non-hydrogen) atoms. The molecule has 1 rings (SSSR count). The summed E-state index contributed by atoms with van der Waals surface area (Å²) in [7, 11) is 0. The average molecular weight is 198 g/mol. The van der Waals surface area contributed by atoms with Crippen molar-refractivity contribution >= 4 is 0 Å². The Labute approximate surface area is 84.7 Å². The first-order valence-electron chi connectivity index (χ1n) is 5.26. The van der Waals surface area contributed by atoms with E-state index in [4.69, 9.17) is 0 Å². The van der Waals surface area contributed by atoms with E-state index in [0.717, 1.165) is 13.1 Å². The Kier molecular flexibility index (Phi) is 4.59. The fourth-order valence-electron chi connectivity index (χ4n) is 1.78. The van der Waals surface area contributed by atoms with E-state index >= 15 is 0 Å². The molecular formula is C10H18N2O2. The molecule has 0 unspecified atom stereocenters. The van der Waals surface area contributed by atoms with Crippen LogP contribution in [0.15, 0.2) is 11.8 Å². The second-order valence-electron chi connectivity index (χ2n) is 3.73. The van der Waals surface area contributed by atoms with Gasteiger partial charge in [-0.2, -0.15) is 0 Å². The van der Waals surface area contributed by atoms with Crippen molar-refractivity contribution in [2.24, 2.45) is 0 Å². The highest BCUT2D eigenvalue weighted by atomic mass is 16.6. The predicted molar refractivity (Wildman–Crippen MR) is 55.7 cm³/mol. The number of hydrogen-bond donors (Lipinski definition) is 0. The van der Waals surface area contributed by atoms with Crippen molar-refractivity contribution in [3.8, 4) is 0 Å². The minimum absolute atomic E-state index is 0.273. The van der Waals surface area contributed by atoms with Crippen LogP contribution in [-0.2, 0) is 0 Å². The van der Waals surface area contributed by atoms with E-state index in [9.17, 15) is 10.1 Å². The Morgan fingerprint density at radius 2 is 1.93 bits per heavy atom. The fraction of sp³-hybridized carbons (Fsp3) is 0.800. The topological polar surface area (TPSA) is 46.4 Å². The van der Waals surface area contributed by atoms with Gasteiger partial charge < -0.3 is 0 Å². The molecule has 1 aliphatic rings. The lowest BCUT2D eigenvalue weighted by atomic mass is 10.2. The summed E-state index contributed by atoms with van der Waals surface area (Å²) in [6.07, 6.45) is 6.48. The lowest BCUT2D eigenvalue weighted by Crippen LogP contribution is -2.28. The van der Waals surface area contributed by atoms with Gasteiger partial charge in [0.2, 0.25) is 0 Å². The van der Waals surface area contributed by atoms with Crippen LogP contribution in [0.4, 0.5) is 0 Å². The van der Waals surface area contributed by atoms with Crippen LogP contribution >= 0.6 is 0 Å². The minimum atomic E-state index is -0.273. The molecule has 0 bridgehead atoms. The second-order valence-corrected chi connectivity index (χ2v) is 3.73. The van der Waals surface area contributed by atoms with Crippen LogP contribution in [0.3, 0.4) is 0 Å². The van der Waals surface area contributed by atoms with Gasteiger partial charge in [-0.15, -0.1) is 0 Å². The van der Waals surface area contributed by atoms with Crippen LogP contribution < -0.4 is 0 Å². The summed E-state index contributed by atoms with van der Waals surface area (Å²) in [5, 5.41) is 10.6. The van der Waals surface area contributed by atoms with Crippen LogP contribution in [0, 0.1) is 10.1 Å². The van der Waals surface area contributed by atoms with Crippen LogP contribution in [0.1, 0.15) is 32.6 Å². The maximum atomic E-state index is 10.6. The third-order valence-electron chi connectivity index (χ3n) is 2.65. The third kappa shape index (κ3) is 3.46. The van der Waals surface area contributed by atoms with Crippen molar-refractivity contribution in [2.75, 3.05) is 19.6 Å². The molecule has 80 valence electrons. The summed E-state index contributed by atoms with van der Waals surface area (Å²) >= 11 is 0. The van der Waals surface area contributed by atoms with Crippen LogP contribution in [0.5, 0.6) is 0 Å². The van der Waals surface area contributed by atoms with Gasteiger partial charge in [0.25, 0.3) is 5.70 Å². The van der Waals surface area contributed by atoms with E-state index < -0.39 is 0 Å².